The van der Waals surface area contributed by atoms with Gasteiger partial charge in [0.1, 0.15) is 11.5 Å². The molecule has 28 heavy (non-hydrogen) atoms. The molecule has 0 bridgehead atoms. The molecule has 2 aromatic carbocycles. The first kappa shape index (κ1) is 20.9. The quantitative estimate of drug-likeness (QED) is 0.506. The number of rotatable bonds is 7. The molecule has 2 aromatic rings. The molecule has 3 rings (SSSR count). The molecule has 0 radical (unpaired) electrons. The van der Waals surface area contributed by atoms with Crippen molar-refractivity contribution in [3.05, 3.63) is 60.7 Å². The van der Waals surface area contributed by atoms with Crippen molar-refractivity contribution in [3.8, 4) is 11.5 Å². The molecule has 5 atom stereocenters. The van der Waals surface area contributed by atoms with Crippen molar-refractivity contribution in [1.82, 2.24) is 0 Å². The number of ether oxygens (including phenoxy) is 1. The summed E-state index contributed by atoms with van der Waals surface area (Å²) in [4.78, 5) is 0. The monoisotopic (exact) mass is 404 g/mol. The van der Waals surface area contributed by atoms with Crippen molar-refractivity contribution in [3.63, 3.8) is 0 Å². The molecule has 1 heterocycles. The predicted octanol–water partition coefficient (Wildman–Crippen LogP) is 6.31. The molecule has 152 valence electrons. The molecule has 1 saturated heterocycles. The first-order chi connectivity index (χ1) is 13.4. The third kappa shape index (κ3) is 4.96. The third-order valence-corrected chi connectivity index (χ3v) is 6.87. The van der Waals surface area contributed by atoms with Gasteiger partial charge in [0, 0.05) is 5.92 Å². The van der Waals surface area contributed by atoms with E-state index in [1.165, 1.54) is 0 Å². The Bertz CT molecular complexity index is 735. The Hall–Kier alpha value is -1.81. The fourth-order valence-electron chi connectivity index (χ4n) is 3.48. The molecule has 0 aromatic heterocycles. The molecular weight excluding hydrogens is 375 g/mol. The Balaban J connectivity index is 1.85. The summed E-state index contributed by atoms with van der Waals surface area (Å²) in [5.74, 6) is 1.62. The average Bonchev–Trinajstić information content (AvgIpc) is 2.70. The maximum absolute atomic E-state index is 13.6. The highest BCUT2D eigenvalue weighted by Gasteiger charge is 2.44. The standard InChI is InChI=1S/C22H29O5P/c1-5-21-17(3)16(2)18(4)22(24-21)27-28(23,25-19-12-8-6-9-13-19)26-20-14-10-7-11-15-20/h6-18,21-22H,5H2,1-4H3. The van der Waals surface area contributed by atoms with Gasteiger partial charge in [0.05, 0.1) is 6.10 Å². The van der Waals surface area contributed by atoms with E-state index in [9.17, 15) is 4.57 Å². The minimum Gasteiger partial charge on any atom is -0.395 e. The van der Waals surface area contributed by atoms with Crippen LogP contribution < -0.4 is 9.05 Å². The van der Waals surface area contributed by atoms with Crippen molar-refractivity contribution in [2.24, 2.45) is 17.8 Å². The fraction of sp³-hybridized carbons (Fsp3) is 0.455. The van der Waals surface area contributed by atoms with E-state index in [-0.39, 0.29) is 12.0 Å². The zero-order chi connectivity index (χ0) is 20.1. The van der Waals surface area contributed by atoms with E-state index in [0.29, 0.717) is 23.3 Å². The number of para-hydroxylation sites is 2. The summed E-state index contributed by atoms with van der Waals surface area (Å²) >= 11 is 0. The Morgan fingerprint density at radius 2 is 1.32 bits per heavy atom. The van der Waals surface area contributed by atoms with Gasteiger partial charge in [-0.3, -0.25) is 0 Å². The van der Waals surface area contributed by atoms with Crippen LogP contribution in [0.25, 0.3) is 0 Å². The second-order valence-corrected chi connectivity index (χ2v) is 8.86. The van der Waals surface area contributed by atoms with Gasteiger partial charge in [-0.2, -0.15) is 0 Å². The van der Waals surface area contributed by atoms with E-state index in [1.807, 2.05) is 19.1 Å². The second-order valence-electron chi connectivity index (χ2n) is 7.39. The van der Waals surface area contributed by atoms with Gasteiger partial charge in [0.2, 0.25) is 0 Å². The molecule has 1 aliphatic heterocycles. The van der Waals surface area contributed by atoms with Crippen LogP contribution in [0.1, 0.15) is 34.1 Å². The Labute approximate surface area is 167 Å². The highest BCUT2D eigenvalue weighted by Crippen LogP contribution is 2.53. The van der Waals surface area contributed by atoms with Crippen molar-refractivity contribution < 1.29 is 22.9 Å². The second kappa shape index (κ2) is 9.13. The van der Waals surface area contributed by atoms with Gasteiger partial charge in [0.25, 0.3) is 0 Å². The summed E-state index contributed by atoms with van der Waals surface area (Å²) in [7, 11) is -3.98. The Morgan fingerprint density at radius 3 is 1.79 bits per heavy atom. The molecule has 0 saturated carbocycles. The van der Waals surface area contributed by atoms with Gasteiger partial charge < -0.3 is 13.8 Å². The summed E-state index contributed by atoms with van der Waals surface area (Å²) in [6, 6.07) is 17.8. The van der Waals surface area contributed by atoms with Crippen LogP contribution in [0.4, 0.5) is 0 Å². The zero-order valence-corrected chi connectivity index (χ0v) is 17.8. The van der Waals surface area contributed by atoms with Crippen molar-refractivity contribution >= 4 is 7.82 Å². The third-order valence-electron chi connectivity index (χ3n) is 5.54. The van der Waals surface area contributed by atoms with E-state index in [1.54, 1.807) is 48.5 Å². The van der Waals surface area contributed by atoms with Crippen LogP contribution in [0, 0.1) is 17.8 Å². The summed E-state index contributed by atoms with van der Waals surface area (Å²) in [6.45, 7) is 8.50. The molecule has 1 aliphatic rings. The van der Waals surface area contributed by atoms with E-state index in [2.05, 4.69) is 20.8 Å². The van der Waals surface area contributed by atoms with Gasteiger partial charge in [-0.25, -0.2) is 9.09 Å². The lowest BCUT2D eigenvalue weighted by atomic mass is 9.78. The first-order valence-electron chi connectivity index (χ1n) is 9.85. The van der Waals surface area contributed by atoms with Gasteiger partial charge >= 0.3 is 7.82 Å². The minimum atomic E-state index is -3.98. The predicted molar refractivity (Wildman–Crippen MR) is 109 cm³/mol. The van der Waals surface area contributed by atoms with Crippen LogP contribution in [0.15, 0.2) is 60.7 Å². The lowest BCUT2D eigenvalue weighted by Gasteiger charge is -2.43. The van der Waals surface area contributed by atoms with Crippen LogP contribution in [0.5, 0.6) is 11.5 Å². The van der Waals surface area contributed by atoms with E-state index < -0.39 is 14.1 Å². The SMILES string of the molecule is CCC1OC(OP(=O)(Oc2ccccc2)Oc2ccccc2)C(C)C(C)C1C. The van der Waals surface area contributed by atoms with Crippen LogP contribution in [0.2, 0.25) is 0 Å². The van der Waals surface area contributed by atoms with Crippen LogP contribution in [0.3, 0.4) is 0 Å². The maximum Gasteiger partial charge on any atom is 0.589 e. The summed E-state index contributed by atoms with van der Waals surface area (Å²) in [5.41, 5.74) is 0. The van der Waals surface area contributed by atoms with Gasteiger partial charge in [-0.05, 0) is 42.5 Å². The maximum atomic E-state index is 13.6. The Kier molecular flexibility index (Phi) is 6.82. The van der Waals surface area contributed by atoms with E-state index in [0.717, 1.165) is 6.42 Å². The molecule has 6 heteroatoms. The van der Waals surface area contributed by atoms with E-state index >= 15 is 0 Å². The topological polar surface area (TPSA) is 54.0 Å². The normalized spacial score (nSPS) is 27.9. The van der Waals surface area contributed by atoms with Gasteiger partial charge in [0.15, 0.2) is 6.29 Å². The fourth-order valence-corrected chi connectivity index (χ4v) is 4.86. The molecule has 5 nitrogen and oxygen atoms in total. The molecule has 0 N–H and O–H groups in total. The van der Waals surface area contributed by atoms with E-state index in [4.69, 9.17) is 18.3 Å². The minimum absolute atomic E-state index is 0.0399. The Morgan fingerprint density at radius 1 is 0.821 bits per heavy atom. The summed E-state index contributed by atoms with van der Waals surface area (Å²) in [5, 5.41) is 0. The van der Waals surface area contributed by atoms with Crippen LogP contribution >= 0.6 is 7.82 Å². The molecule has 0 aliphatic carbocycles. The highest BCUT2D eigenvalue weighted by atomic mass is 31.2. The molecule has 0 spiro atoms. The molecule has 0 amide bonds. The largest absolute Gasteiger partial charge is 0.589 e. The molecular formula is C22H29O5P. The van der Waals surface area contributed by atoms with Gasteiger partial charge in [-0.15, -0.1) is 0 Å². The van der Waals surface area contributed by atoms with Crippen molar-refractivity contribution in [1.29, 1.82) is 0 Å². The molecule has 5 unspecified atom stereocenters. The van der Waals surface area contributed by atoms with Gasteiger partial charge in [-0.1, -0.05) is 64.1 Å². The van der Waals surface area contributed by atoms with Crippen molar-refractivity contribution in [2.75, 3.05) is 0 Å². The number of phosphoric acid groups is 1. The van der Waals surface area contributed by atoms with Crippen LogP contribution in [-0.4, -0.2) is 12.4 Å². The smallest absolute Gasteiger partial charge is 0.395 e. The lowest BCUT2D eigenvalue weighted by molar-refractivity contribution is -0.216. The zero-order valence-electron chi connectivity index (χ0n) is 16.9. The number of hydrogen-bond donors (Lipinski definition) is 0. The van der Waals surface area contributed by atoms with Crippen molar-refractivity contribution in [2.45, 2.75) is 46.5 Å². The molecule has 1 fully saturated rings. The summed E-state index contributed by atoms with van der Waals surface area (Å²) < 4.78 is 37.1. The number of hydrogen-bond acceptors (Lipinski definition) is 5. The summed E-state index contributed by atoms with van der Waals surface area (Å²) in [6.07, 6.45) is 0.231. The lowest BCUT2D eigenvalue weighted by Crippen LogP contribution is -2.45. The number of benzene rings is 2. The highest BCUT2D eigenvalue weighted by molar-refractivity contribution is 7.49. The number of phosphoric ester groups is 1. The first-order valence-corrected chi connectivity index (χ1v) is 11.3. The average molecular weight is 404 g/mol. The van der Waals surface area contributed by atoms with Crippen LogP contribution in [-0.2, 0) is 13.8 Å².